The van der Waals surface area contributed by atoms with Crippen LogP contribution in [0.2, 0.25) is 0 Å². The molecule has 0 heterocycles. The molecule has 1 N–H and O–H groups in total. The van der Waals surface area contributed by atoms with Crippen molar-refractivity contribution in [3.63, 3.8) is 0 Å². The van der Waals surface area contributed by atoms with Crippen molar-refractivity contribution < 1.29 is 14.6 Å². The summed E-state index contributed by atoms with van der Waals surface area (Å²) in [4.78, 5) is 8.36. The number of ether oxygens (including phenoxy) is 1. The molecule has 1 rings (SSSR count). The van der Waals surface area contributed by atoms with Crippen LogP contribution in [0, 0.1) is 0 Å². The van der Waals surface area contributed by atoms with Gasteiger partial charge in [-0.05, 0) is 18.6 Å². The van der Waals surface area contributed by atoms with Crippen molar-refractivity contribution in [1.82, 2.24) is 0 Å². The molecule has 0 saturated carbocycles. The van der Waals surface area contributed by atoms with Gasteiger partial charge in [0.15, 0.2) is 0 Å². The minimum absolute atomic E-state index is 0.250. The van der Waals surface area contributed by atoms with Crippen LogP contribution in [0.5, 0.6) is 5.75 Å². The van der Waals surface area contributed by atoms with Crippen LogP contribution in [0.15, 0.2) is 30.3 Å². The Hall–Kier alpha value is -1.51. The van der Waals surface area contributed by atoms with Crippen LogP contribution in [0.3, 0.4) is 0 Å². The molecule has 0 fully saturated rings. The average molecular weight is 182 g/mol. The maximum absolute atomic E-state index is 8.36. The van der Waals surface area contributed by atoms with Crippen LogP contribution in [0.4, 0.5) is 0 Å². The first-order valence-corrected chi connectivity index (χ1v) is 4.10. The third-order valence-corrected chi connectivity index (χ3v) is 1.22. The normalized spacial score (nSPS) is 8.08. The third kappa shape index (κ3) is 6.87. The molecule has 3 nitrogen and oxygen atoms in total. The second kappa shape index (κ2) is 8.59. The summed E-state index contributed by atoms with van der Waals surface area (Å²) in [5, 5.41) is 6.89. The quantitative estimate of drug-likeness (QED) is 0.729. The molecule has 3 heteroatoms. The molecule has 72 valence electrons. The highest BCUT2D eigenvalue weighted by molar-refractivity contribution is 5.32. The first kappa shape index (κ1) is 11.5. The van der Waals surface area contributed by atoms with Gasteiger partial charge >= 0.3 is 0 Å². The molecule has 0 bridgehead atoms. The fourth-order valence-electron chi connectivity index (χ4n) is 0.737. The van der Waals surface area contributed by atoms with E-state index in [0.29, 0.717) is 0 Å². The molecule has 0 aliphatic heterocycles. The second-order valence-electron chi connectivity index (χ2n) is 2.27. The first-order valence-electron chi connectivity index (χ1n) is 4.10. The van der Waals surface area contributed by atoms with E-state index in [9.17, 15) is 0 Å². The Morgan fingerprint density at radius 2 is 1.92 bits per heavy atom. The zero-order chi connectivity index (χ0) is 9.94. The van der Waals surface area contributed by atoms with E-state index in [1.807, 2.05) is 30.3 Å². The van der Waals surface area contributed by atoms with E-state index >= 15 is 0 Å². The van der Waals surface area contributed by atoms with E-state index in [4.69, 9.17) is 14.6 Å². The van der Waals surface area contributed by atoms with Crippen molar-refractivity contribution >= 4 is 6.47 Å². The average Bonchev–Trinajstić information content (AvgIpc) is 2.18. The first-order chi connectivity index (χ1) is 6.35. The number of hydrogen-bond donors (Lipinski definition) is 1. The summed E-state index contributed by atoms with van der Waals surface area (Å²) >= 11 is 0. The minimum Gasteiger partial charge on any atom is -0.494 e. The Kier molecular flexibility index (Phi) is 7.59. The van der Waals surface area contributed by atoms with Gasteiger partial charge in [-0.2, -0.15) is 0 Å². The Labute approximate surface area is 78.0 Å². The van der Waals surface area contributed by atoms with Gasteiger partial charge < -0.3 is 9.84 Å². The lowest BCUT2D eigenvalue weighted by molar-refractivity contribution is -0.122. The summed E-state index contributed by atoms with van der Waals surface area (Å²) in [5.74, 6) is 0.962. The zero-order valence-corrected chi connectivity index (χ0v) is 7.64. The van der Waals surface area contributed by atoms with Crippen molar-refractivity contribution in [2.45, 2.75) is 13.3 Å². The molecule has 0 saturated heterocycles. The molecular formula is C10H14O3. The summed E-state index contributed by atoms with van der Waals surface area (Å²) < 4.78 is 5.36. The fraction of sp³-hybridized carbons (Fsp3) is 0.300. The highest BCUT2D eigenvalue weighted by atomic mass is 16.5. The number of para-hydroxylation sites is 1. The molecule has 0 amide bonds. The Morgan fingerprint density at radius 1 is 1.38 bits per heavy atom. The summed E-state index contributed by atoms with van der Waals surface area (Å²) in [6.45, 7) is 2.66. The third-order valence-electron chi connectivity index (χ3n) is 1.22. The molecule has 0 aliphatic rings. The van der Waals surface area contributed by atoms with Gasteiger partial charge in [-0.25, -0.2) is 0 Å². The number of hydrogen-bond acceptors (Lipinski definition) is 2. The smallest absolute Gasteiger partial charge is 0.290 e. The molecule has 0 spiro atoms. The standard InChI is InChI=1S/C9H12O.CH2O2/c1-2-8-10-9-6-4-3-5-7-9;2-1-3/h3-7H,2,8H2,1H3;1H,(H,2,3). The lowest BCUT2D eigenvalue weighted by Crippen LogP contribution is -1.93. The Morgan fingerprint density at radius 3 is 2.38 bits per heavy atom. The van der Waals surface area contributed by atoms with Gasteiger partial charge in [-0.1, -0.05) is 25.1 Å². The van der Waals surface area contributed by atoms with Crippen LogP contribution < -0.4 is 4.74 Å². The van der Waals surface area contributed by atoms with Crippen molar-refractivity contribution in [2.75, 3.05) is 6.61 Å². The minimum atomic E-state index is -0.250. The number of carboxylic acid groups (broad SMARTS) is 1. The summed E-state index contributed by atoms with van der Waals surface area (Å²) in [6, 6.07) is 9.88. The molecule has 0 aliphatic carbocycles. The van der Waals surface area contributed by atoms with E-state index < -0.39 is 0 Å². The molecule has 13 heavy (non-hydrogen) atoms. The number of rotatable bonds is 3. The monoisotopic (exact) mass is 182 g/mol. The SMILES string of the molecule is CCCOc1ccccc1.O=CO. The van der Waals surface area contributed by atoms with Crippen LogP contribution in [-0.4, -0.2) is 18.2 Å². The zero-order valence-electron chi connectivity index (χ0n) is 7.64. The van der Waals surface area contributed by atoms with E-state index in [1.165, 1.54) is 0 Å². The van der Waals surface area contributed by atoms with Gasteiger partial charge in [0, 0.05) is 0 Å². The molecule has 0 radical (unpaired) electrons. The molecule has 0 unspecified atom stereocenters. The molecular weight excluding hydrogens is 168 g/mol. The number of carbonyl (C=O) groups is 1. The van der Waals surface area contributed by atoms with Gasteiger partial charge in [0.1, 0.15) is 5.75 Å². The van der Waals surface area contributed by atoms with Crippen LogP contribution in [-0.2, 0) is 4.79 Å². The summed E-state index contributed by atoms with van der Waals surface area (Å²) in [7, 11) is 0. The van der Waals surface area contributed by atoms with Gasteiger partial charge in [0.25, 0.3) is 6.47 Å². The Balaban J connectivity index is 0.000000424. The van der Waals surface area contributed by atoms with E-state index in [-0.39, 0.29) is 6.47 Å². The summed E-state index contributed by atoms with van der Waals surface area (Å²) in [6.07, 6.45) is 1.06. The van der Waals surface area contributed by atoms with Crippen molar-refractivity contribution in [2.24, 2.45) is 0 Å². The number of benzene rings is 1. The van der Waals surface area contributed by atoms with Crippen molar-refractivity contribution in [3.8, 4) is 5.75 Å². The highest BCUT2D eigenvalue weighted by Crippen LogP contribution is 2.07. The molecule has 0 atom stereocenters. The van der Waals surface area contributed by atoms with Crippen LogP contribution in [0.25, 0.3) is 0 Å². The van der Waals surface area contributed by atoms with Gasteiger partial charge in [0.2, 0.25) is 0 Å². The molecule has 1 aromatic carbocycles. The van der Waals surface area contributed by atoms with Crippen molar-refractivity contribution in [1.29, 1.82) is 0 Å². The summed E-state index contributed by atoms with van der Waals surface area (Å²) in [5.41, 5.74) is 0. The van der Waals surface area contributed by atoms with Gasteiger partial charge in [-0.15, -0.1) is 0 Å². The molecule has 1 aromatic rings. The van der Waals surface area contributed by atoms with E-state index in [2.05, 4.69) is 6.92 Å². The predicted molar refractivity (Wildman–Crippen MR) is 50.9 cm³/mol. The largest absolute Gasteiger partial charge is 0.494 e. The van der Waals surface area contributed by atoms with Crippen molar-refractivity contribution in [3.05, 3.63) is 30.3 Å². The Bertz CT molecular complexity index is 209. The van der Waals surface area contributed by atoms with Gasteiger partial charge in [0.05, 0.1) is 6.61 Å². The predicted octanol–water partition coefficient (Wildman–Crippen LogP) is 2.18. The molecule has 0 aromatic heterocycles. The highest BCUT2D eigenvalue weighted by Gasteiger charge is 1.86. The topological polar surface area (TPSA) is 46.5 Å². The van der Waals surface area contributed by atoms with Crippen LogP contribution in [0.1, 0.15) is 13.3 Å². The van der Waals surface area contributed by atoms with E-state index in [1.54, 1.807) is 0 Å². The fourth-order valence-corrected chi connectivity index (χ4v) is 0.737. The van der Waals surface area contributed by atoms with Gasteiger partial charge in [-0.3, -0.25) is 4.79 Å². The second-order valence-corrected chi connectivity index (χ2v) is 2.27. The lowest BCUT2D eigenvalue weighted by Gasteiger charge is -2.01. The lowest BCUT2D eigenvalue weighted by atomic mass is 10.3. The van der Waals surface area contributed by atoms with E-state index in [0.717, 1.165) is 18.8 Å². The maximum Gasteiger partial charge on any atom is 0.290 e. The maximum atomic E-state index is 8.36. The van der Waals surface area contributed by atoms with Crippen LogP contribution >= 0.6 is 0 Å².